The van der Waals surface area contributed by atoms with Crippen molar-refractivity contribution >= 4 is 5.69 Å². The quantitative estimate of drug-likeness (QED) is 0.890. The first kappa shape index (κ1) is 15.3. The van der Waals surface area contributed by atoms with E-state index in [1.165, 1.54) is 0 Å². The Morgan fingerprint density at radius 2 is 2.05 bits per heavy atom. The molecule has 0 saturated heterocycles. The van der Waals surface area contributed by atoms with Crippen molar-refractivity contribution in [1.29, 1.82) is 0 Å². The second-order valence-electron chi connectivity index (χ2n) is 5.75. The van der Waals surface area contributed by atoms with Gasteiger partial charge in [0.25, 0.3) is 0 Å². The third-order valence-corrected chi connectivity index (χ3v) is 4.48. The summed E-state index contributed by atoms with van der Waals surface area (Å²) >= 11 is 0. The topological polar surface area (TPSA) is 35.5 Å². The zero-order valence-electron chi connectivity index (χ0n) is 12.6. The van der Waals surface area contributed by atoms with Crippen molar-refractivity contribution in [2.45, 2.75) is 50.8 Å². The van der Waals surface area contributed by atoms with Gasteiger partial charge in [-0.15, -0.1) is 0 Å². The molecule has 1 aromatic carbocycles. The Bertz CT molecular complexity index is 452. The number of aliphatic hydroxyl groups excluding tert-OH is 1. The van der Waals surface area contributed by atoms with Gasteiger partial charge in [0.2, 0.25) is 0 Å². The zero-order valence-corrected chi connectivity index (χ0v) is 12.6. The molecule has 0 heterocycles. The monoisotopic (exact) mass is 280 g/mol. The number of hydrogen-bond acceptors (Lipinski definition) is 3. The molecular formula is C16H25FN2O. The molecule has 112 valence electrons. The number of benzene rings is 1. The molecule has 0 spiro atoms. The van der Waals surface area contributed by atoms with Gasteiger partial charge in [-0.3, -0.25) is 0 Å². The summed E-state index contributed by atoms with van der Waals surface area (Å²) in [6, 6.07) is 5.50. The SMILES string of the molecule is CNC(C)c1ccc(N(C)C2CCCCC2O)c(F)c1. The summed E-state index contributed by atoms with van der Waals surface area (Å²) in [5.74, 6) is -0.218. The van der Waals surface area contributed by atoms with E-state index in [1.807, 2.05) is 38.1 Å². The van der Waals surface area contributed by atoms with Gasteiger partial charge in [-0.05, 0) is 44.5 Å². The van der Waals surface area contributed by atoms with Crippen molar-refractivity contribution in [2.75, 3.05) is 19.0 Å². The minimum atomic E-state index is -0.357. The lowest BCUT2D eigenvalue weighted by atomic mass is 9.91. The highest BCUT2D eigenvalue weighted by atomic mass is 19.1. The van der Waals surface area contributed by atoms with Crippen molar-refractivity contribution < 1.29 is 9.50 Å². The molecule has 0 radical (unpaired) electrons. The highest BCUT2D eigenvalue weighted by Gasteiger charge is 2.28. The van der Waals surface area contributed by atoms with Gasteiger partial charge in [-0.2, -0.15) is 0 Å². The Morgan fingerprint density at radius 3 is 2.65 bits per heavy atom. The predicted molar refractivity (Wildman–Crippen MR) is 80.5 cm³/mol. The van der Waals surface area contributed by atoms with E-state index in [4.69, 9.17) is 0 Å². The zero-order chi connectivity index (χ0) is 14.7. The molecule has 4 heteroatoms. The van der Waals surface area contributed by atoms with Gasteiger partial charge in [0.1, 0.15) is 5.82 Å². The van der Waals surface area contributed by atoms with Crippen molar-refractivity contribution in [1.82, 2.24) is 5.32 Å². The summed E-state index contributed by atoms with van der Waals surface area (Å²) in [6.45, 7) is 2.00. The third kappa shape index (κ3) is 3.13. The number of aliphatic hydroxyl groups is 1. The summed E-state index contributed by atoms with van der Waals surface area (Å²) in [4.78, 5) is 1.90. The van der Waals surface area contributed by atoms with E-state index in [2.05, 4.69) is 5.32 Å². The highest BCUT2D eigenvalue weighted by Crippen LogP contribution is 2.29. The summed E-state index contributed by atoms with van der Waals surface area (Å²) in [7, 11) is 3.74. The van der Waals surface area contributed by atoms with Crippen LogP contribution < -0.4 is 10.2 Å². The fourth-order valence-electron chi connectivity index (χ4n) is 2.97. The number of halogens is 1. The fourth-order valence-corrected chi connectivity index (χ4v) is 2.97. The van der Waals surface area contributed by atoms with Crippen LogP contribution in [0.15, 0.2) is 18.2 Å². The molecule has 1 aliphatic carbocycles. The third-order valence-electron chi connectivity index (χ3n) is 4.48. The molecule has 2 rings (SSSR count). The molecule has 0 aliphatic heterocycles. The van der Waals surface area contributed by atoms with Crippen LogP contribution in [0, 0.1) is 5.82 Å². The first-order chi connectivity index (χ1) is 9.54. The van der Waals surface area contributed by atoms with Crippen LogP contribution in [0.2, 0.25) is 0 Å². The van der Waals surface area contributed by atoms with E-state index < -0.39 is 0 Å². The predicted octanol–water partition coefficient (Wildman–Crippen LogP) is 2.85. The molecule has 3 unspecified atom stereocenters. The minimum Gasteiger partial charge on any atom is -0.391 e. The van der Waals surface area contributed by atoms with Crippen molar-refractivity contribution in [3.8, 4) is 0 Å². The maximum Gasteiger partial charge on any atom is 0.146 e. The van der Waals surface area contributed by atoms with E-state index in [0.29, 0.717) is 5.69 Å². The molecular weight excluding hydrogens is 255 g/mol. The molecule has 0 aromatic heterocycles. The Morgan fingerprint density at radius 1 is 1.35 bits per heavy atom. The van der Waals surface area contributed by atoms with Crippen LogP contribution in [0.5, 0.6) is 0 Å². The van der Waals surface area contributed by atoms with Gasteiger partial charge >= 0.3 is 0 Å². The second kappa shape index (κ2) is 6.55. The molecule has 1 aromatic rings. The normalized spacial score (nSPS) is 24.4. The molecule has 1 aliphatic rings. The van der Waals surface area contributed by atoms with Gasteiger partial charge < -0.3 is 15.3 Å². The Balaban J connectivity index is 2.19. The van der Waals surface area contributed by atoms with Crippen molar-refractivity contribution in [3.05, 3.63) is 29.6 Å². The molecule has 0 bridgehead atoms. The molecule has 3 atom stereocenters. The molecule has 0 amide bonds. The van der Waals surface area contributed by atoms with Crippen LogP contribution >= 0.6 is 0 Å². The van der Waals surface area contributed by atoms with Gasteiger partial charge in [0.15, 0.2) is 0 Å². The van der Waals surface area contributed by atoms with E-state index in [9.17, 15) is 9.50 Å². The van der Waals surface area contributed by atoms with Gasteiger partial charge in [0, 0.05) is 13.1 Å². The molecule has 2 N–H and O–H groups in total. The number of hydrogen-bond donors (Lipinski definition) is 2. The molecule has 20 heavy (non-hydrogen) atoms. The maximum absolute atomic E-state index is 14.3. The van der Waals surface area contributed by atoms with E-state index in [-0.39, 0.29) is 24.0 Å². The second-order valence-corrected chi connectivity index (χ2v) is 5.75. The summed E-state index contributed by atoms with van der Waals surface area (Å²) in [5.41, 5.74) is 1.51. The number of nitrogens with one attached hydrogen (secondary N) is 1. The van der Waals surface area contributed by atoms with E-state index in [1.54, 1.807) is 6.07 Å². The van der Waals surface area contributed by atoms with Crippen molar-refractivity contribution in [2.24, 2.45) is 0 Å². The van der Waals surface area contributed by atoms with E-state index >= 15 is 0 Å². The number of likely N-dealkylation sites (N-methyl/N-ethyl adjacent to an activating group) is 1. The lowest BCUT2D eigenvalue weighted by molar-refractivity contribution is 0.106. The number of anilines is 1. The average Bonchev–Trinajstić information content (AvgIpc) is 2.46. The van der Waals surface area contributed by atoms with Crippen LogP contribution in [0.25, 0.3) is 0 Å². The first-order valence-corrected chi connectivity index (χ1v) is 7.42. The molecule has 1 saturated carbocycles. The Kier molecular flexibility index (Phi) is 5.00. The minimum absolute atomic E-state index is 0.0193. The summed E-state index contributed by atoms with van der Waals surface area (Å²) < 4.78 is 14.3. The summed E-state index contributed by atoms with van der Waals surface area (Å²) in [6.07, 6.45) is 3.54. The first-order valence-electron chi connectivity index (χ1n) is 7.42. The summed E-state index contributed by atoms with van der Waals surface area (Å²) in [5, 5.41) is 13.2. The standard InChI is InChI=1S/C16H25FN2O/c1-11(18-2)12-8-9-14(13(17)10-12)19(3)15-6-4-5-7-16(15)20/h8-11,15-16,18,20H,4-7H2,1-3H3. The molecule has 3 nitrogen and oxygen atoms in total. The van der Waals surface area contributed by atoms with E-state index in [0.717, 1.165) is 31.2 Å². The lowest BCUT2D eigenvalue weighted by Crippen LogP contribution is -2.43. The smallest absolute Gasteiger partial charge is 0.146 e. The lowest BCUT2D eigenvalue weighted by Gasteiger charge is -2.36. The largest absolute Gasteiger partial charge is 0.391 e. The average molecular weight is 280 g/mol. The van der Waals surface area contributed by atoms with Crippen LogP contribution in [0.3, 0.4) is 0 Å². The van der Waals surface area contributed by atoms with Gasteiger partial charge in [-0.1, -0.05) is 18.9 Å². The van der Waals surface area contributed by atoms with Crippen LogP contribution in [0.4, 0.5) is 10.1 Å². The van der Waals surface area contributed by atoms with Gasteiger partial charge in [0.05, 0.1) is 17.8 Å². The Labute approximate surface area is 120 Å². The molecule has 1 fully saturated rings. The maximum atomic E-state index is 14.3. The van der Waals surface area contributed by atoms with Crippen LogP contribution in [0.1, 0.15) is 44.2 Å². The number of nitrogens with zero attached hydrogens (tertiary/aromatic N) is 1. The number of rotatable bonds is 4. The highest BCUT2D eigenvalue weighted by molar-refractivity contribution is 5.50. The van der Waals surface area contributed by atoms with Gasteiger partial charge in [-0.25, -0.2) is 4.39 Å². The van der Waals surface area contributed by atoms with Crippen molar-refractivity contribution in [3.63, 3.8) is 0 Å². The van der Waals surface area contributed by atoms with Crippen LogP contribution in [-0.2, 0) is 0 Å². The fraction of sp³-hybridized carbons (Fsp3) is 0.625. The van der Waals surface area contributed by atoms with Crippen LogP contribution in [-0.4, -0.2) is 31.3 Å². The Hall–Kier alpha value is -1.13.